The Labute approximate surface area is 123 Å². The predicted molar refractivity (Wildman–Crippen MR) is 82.4 cm³/mol. The Morgan fingerprint density at radius 1 is 1.19 bits per heavy atom. The lowest BCUT2D eigenvalue weighted by Gasteiger charge is -2.13. The lowest BCUT2D eigenvalue weighted by Crippen LogP contribution is -2.18. The van der Waals surface area contributed by atoms with Crippen LogP contribution in [-0.4, -0.2) is 9.78 Å². The van der Waals surface area contributed by atoms with Crippen LogP contribution in [0.3, 0.4) is 0 Å². The van der Waals surface area contributed by atoms with Crippen LogP contribution in [0.1, 0.15) is 24.2 Å². The second-order valence-corrected chi connectivity index (χ2v) is 5.25. The minimum absolute atomic E-state index is 0.0708. The molecule has 1 atom stereocenters. The molecule has 21 heavy (non-hydrogen) atoms. The molecule has 0 unspecified atom stereocenters. The maximum atomic E-state index is 13.3. The molecular weight excluding hydrogens is 265 g/mol. The molecule has 0 amide bonds. The van der Waals surface area contributed by atoms with Gasteiger partial charge in [0.05, 0.1) is 11.2 Å². The van der Waals surface area contributed by atoms with Crippen molar-refractivity contribution in [1.29, 1.82) is 0 Å². The van der Waals surface area contributed by atoms with Gasteiger partial charge in [0.25, 0.3) is 0 Å². The number of benzene rings is 2. The topological polar surface area (TPSA) is 29.9 Å². The van der Waals surface area contributed by atoms with Gasteiger partial charge >= 0.3 is 0 Å². The Morgan fingerprint density at radius 3 is 2.81 bits per heavy atom. The SMILES string of the molecule is C[C@H](NCc1nn(C)c2ccccc12)c1cccc(F)c1. The van der Waals surface area contributed by atoms with E-state index in [1.165, 1.54) is 6.07 Å². The van der Waals surface area contributed by atoms with Crippen LogP contribution in [0, 0.1) is 5.82 Å². The van der Waals surface area contributed by atoms with Crippen molar-refractivity contribution in [2.24, 2.45) is 7.05 Å². The summed E-state index contributed by atoms with van der Waals surface area (Å²) in [5, 5.41) is 9.11. The lowest BCUT2D eigenvalue weighted by molar-refractivity contribution is 0.556. The van der Waals surface area contributed by atoms with E-state index < -0.39 is 0 Å². The first-order valence-electron chi connectivity index (χ1n) is 7.04. The van der Waals surface area contributed by atoms with E-state index in [1.54, 1.807) is 12.1 Å². The third kappa shape index (κ3) is 2.81. The molecule has 0 radical (unpaired) electrons. The van der Waals surface area contributed by atoms with Crippen LogP contribution < -0.4 is 5.32 Å². The van der Waals surface area contributed by atoms with Crippen molar-refractivity contribution in [3.8, 4) is 0 Å². The van der Waals surface area contributed by atoms with Gasteiger partial charge in [-0.1, -0.05) is 30.3 Å². The molecule has 1 heterocycles. The summed E-state index contributed by atoms with van der Waals surface area (Å²) in [6.07, 6.45) is 0. The first-order valence-corrected chi connectivity index (χ1v) is 7.04. The highest BCUT2D eigenvalue weighted by atomic mass is 19.1. The predicted octanol–water partition coefficient (Wildman–Crippen LogP) is 3.56. The van der Waals surface area contributed by atoms with Crippen LogP contribution in [-0.2, 0) is 13.6 Å². The smallest absolute Gasteiger partial charge is 0.123 e. The highest BCUT2D eigenvalue weighted by Crippen LogP contribution is 2.19. The molecule has 1 N–H and O–H groups in total. The Balaban J connectivity index is 1.77. The van der Waals surface area contributed by atoms with Gasteiger partial charge in [-0.05, 0) is 30.7 Å². The molecule has 0 spiro atoms. The number of hydrogen-bond acceptors (Lipinski definition) is 2. The second kappa shape index (κ2) is 5.66. The van der Waals surface area contributed by atoms with Gasteiger partial charge in [0, 0.05) is 25.0 Å². The van der Waals surface area contributed by atoms with E-state index in [0.717, 1.165) is 22.2 Å². The summed E-state index contributed by atoms with van der Waals surface area (Å²) < 4.78 is 15.1. The van der Waals surface area contributed by atoms with Crippen LogP contribution in [0.15, 0.2) is 48.5 Å². The van der Waals surface area contributed by atoms with Crippen molar-refractivity contribution in [3.63, 3.8) is 0 Å². The van der Waals surface area contributed by atoms with Gasteiger partial charge in [0.15, 0.2) is 0 Å². The van der Waals surface area contributed by atoms with Gasteiger partial charge in [-0.2, -0.15) is 5.10 Å². The van der Waals surface area contributed by atoms with Crippen molar-refractivity contribution in [3.05, 3.63) is 65.6 Å². The van der Waals surface area contributed by atoms with Crippen LogP contribution >= 0.6 is 0 Å². The summed E-state index contributed by atoms with van der Waals surface area (Å²) in [5.41, 5.74) is 3.07. The molecule has 3 nitrogen and oxygen atoms in total. The molecule has 0 aliphatic rings. The van der Waals surface area contributed by atoms with Crippen molar-refractivity contribution in [2.45, 2.75) is 19.5 Å². The van der Waals surface area contributed by atoms with E-state index in [0.29, 0.717) is 6.54 Å². The molecule has 0 aliphatic heterocycles. The van der Waals surface area contributed by atoms with E-state index >= 15 is 0 Å². The molecular formula is C17H18FN3. The number of para-hydroxylation sites is 1. The number of halogens is 1. The van der Waals surface area contributed by atoms with E-state index in [-0.39, 0.29) is 11.9 Å². The van der Waals surface area contributed by atoms with E-state index in [9.17, 15) is 4.39 Å². The van der Waals surface area contributed by atoms with Crippen molar-refractivity contribution < 1.29 is 4.39 Å². The monoisotopic (exact) mass is 283 g/mol. The Morgan fingerprint density at radius 2 is 2.00 bits per heavy atom. The van der Waals surface area contributed by atoms with Crippen molar-refractivity contribution in [2.75, 3.05) is 0 Å². The zero-order valence-corrected chi connectivity index (χ0v) is 12.2. The van der Waals surface area contributed by atoms with Gasteiger partial charge in [0.2, 0.25) is 0 Å². The molecule has 4 heteroatoms. The first kappa shape index (κ1) is 13.8. The van der Waals surface area contributed by atoms with E-state index in [4.69, 9.17) is 0 Å². The van der Waals surface area contributed by atoms with Gasteiger partial charge in [-0.15, -0.1) is 0 Å². The minimum atomic E-state index is -0.204. The number of nitrogens with zero attached hydrogens (tertiary/aromatic N) is 2. The standard InChI is InChI=1S/C17H18FN3/c1-12(13-6-5-7-14(18)10-13)19-11-16-15-8-3-4-9-17(15)21(2)20-16/h3-10,12,19H,11H2,1-2H3/t12-/m0/s1. The summed E-state index contributed by atoms with van der Waals surface area (Å²) in [4.78, 5) is 0. The van der Waals surface area contributed by atoms with Crippen molar-refractivity contribution in [1.82, 2.24) is 15.1 Å². The fraction of sp³-hybridized carbons (Fsp3) is 0.235. The summed E-state index contributed by atoms with van der Waals surface area (Å²) >= 11 is 0. The molecule has 0 saturated heterocycles. The average molecular weight is 283 g/mol. The molecule has 3 aromatic rings. The van der Waals surface area contributed by atoms with E-state index in [2.05, 4.69) is 22.5 Å². The normalized spacial score (nSPS) is 12.7. The molecule has 0 fully saturated rings. The zero-order chi connectivity index (χ0) is 14.8. The third-order valence-electron chi connectivity index (χ3n) is 3.76. The van der Waals surface area contributed by atoms with Gasteiger partial charge in [0.1, 0.15) is 5.82 Å². The second-order valence-electron chi connectivity index (χ2n) is 5.25. The Hall–Kier alpha value is -2.20. The van der Waals surface area contributed by atoms with Crippen LogP contribution in [0.2, 0.25) is 0 Å². The van der Waals surface area contributed by atoms with Crippen LogP contribution in [0.25, 0.3) is 10.9 Å². The number of aryl methyl sites for hydroxylation is 1. The number of aromatic nitrogens is 2. The van der Waals surface area contributed by atoms with Gasteiger partial charge < -0.3 is 5.32 Å². The van der Waals surface area contributed by atoms with Crippen LogP contribution in [0.4, 0.5) is 4.39 Å². The molecule has 108 valence electrons. The number of nitrogens with one attached hydrogen (secondary N) is 1. The molecule has 0 saturated carbocycles. The quantitative estimate of drug-likeness (QED) is 0.793. The number of fused-ring (bicyclic) bond motifs is 1. The maximum absolute atomic E-state index is 13.3. The summed E-state index contributed by atoms with van der Waals surface area (Å²) in [6, 6.07) is 14.9. The first-order chi connectivity index (χ1) is 10.1. The van der Waals surface area contributed by atoms with Gasteiger partial charge in [-0.25, -0.2) is 4.39 Å². The maximum Gasteiger partial charge on any atom is 0.123 e. The summed E-state index contributed by atoms with van der Waals surface area (Å²) in [6.45, 7) is 2.68. The van der Waals surface area contributed by atoms with Crippen molar-refractivity contribution >= 4 is 10.9 Å². The Kier molecular flexibility index (Phi) is 3.71. The highest BCUT2D eigenvalue weighted by Gasteiger charge is 2.10. The molecule has 0 bridgehead atoms. The largest absolute Gasteiger partial charge is 0.304 e. The summed E-state index contributed by atoms with van der Waals surface area (Å²) in [5.74, 6) is -0.204. The average Bonchev–Trinajstić information content (AvgIpc) is 2.82. The van der Waals surface area contributed by atoms with Gasteiger partial charge in [-0.3, -0.25) is 4.68 Å². The molecule has 3 rings (SSSR count). The number of hydrogen-bond donors (Lipinski definition) is 1. The summed E-state index contributed by atoms with van der Waals surface area (Å²) in [7, 11) is 1.95. The number of rotatable bonds is 4. The molecule has 1 aromatic heterocycles. The molecule has 0 aliphatic carbocycles. The highest BCUT2D eigenvalue weighted by molar-refractivity contribution is 5.81. The third-order valence-corrected chi connectivity index (χ3v) is 3.76. The lowest BCUT2D eigenvalue weighted by atomic mass is 10.1. The Bertz CT molecular complexity index is 764. The molecule has 2 aromatic carbocycles. The fourth-order valence-electron chi connectivity index (χ4n) is 2.56. The zero-order valence-electron chi connectivity index (χ0n) is 12.2. The fourth-order valence-corrected chi connectivity index (χ4v) is 2.56. The van der Waals surface area contributed by atoms with E-state index in [1.807, 2.05) is 36.9 Å². The minimum Gasteiger partial charge on any atom is -0.304 e. The van der Waals surface area contributed by atoms with Crippen LogP contribution in [0.5, 0.6) is 0 Å².